The first-order chi connectivity index (χ1) is 15.3. The monoisotopic (exact) mass is 533 g/mol. The van der Waals surface area contributed by atoms with Crippen LogP contribution in [0, 0.1) is 0 Å². The fraction of sp³-hybridized carbons (Fsp3) is 0.0952. The standard InChI is InChI=1S/C21H16BrN3O5S2/c1-29-21(26)17(12-30-32(2,27)28)25-10-8-13-6-7-14(11-16(13)25)18-19(22)31-20(24-18)15-5-3-4-9-23-15/h3-12H,1-2H3. The van der Waals surface area contributed by atoms with Crippen LogP contribution in [0.15, 0.2) is 64.9 Å². The topological polar surface area (TPSA) is 100 Å². The van der Waals surface area contributed by atoms with E-state index in [9.17, 15) is 13.2 Å². The summed E-state index contributed by atoms with van der Waals surface area (Å²) in [6, 6.07) is 13.1. The van der Waals surface area contributed by atoms with Crippen molar-refractivity contribution in [2.24, 2.45) is 0 Å². The van der Waals surface area contributed by atoms with Crippen LogP contribution in [0.2, 0.25) is 0 Å². The van der Waals surface area contributed by atoms with Crippen molar-refractivity contribution >= 4 is 60.0 Å². The Hall–Kier alpha value is -3.02. The van der Waals surface area contributed by atoms with Crippen molar-refractivity contribution in [1.29, 1.82) is 0 Å². The molecule has 11 heteroatoms. The minimum Gasteiger partial charge on any atom is -0.464 e. The number of methoxy groups -OCH3 is 1. The highest BCUT2D eigenvalue weighted by Crippen LogP contribution is 2.38. The van der Waals surface area contributed by atoms with Gasteiger partial charge in [0.05, 0.1) is 34.1 Å². The predicted octanol–water partition coefficient (Wildman–Crippen LogP) is 4.54. The van der Waals surface area contributed by atoms with Crippen LogP contribution in [0.4, 0.5) is 0 Å². The molecular formula is C21H16BrN3O5S2. The van der Waals surface area contributed by atoms with Crippen molar-refractivity contribution < 1.29 is 22.1 Å². The molecule has 0 aliphatic carbocycles. The number of thiazole rings is 1. The summed E-state index contributed by atoms with van der Waals surface area (Å²) in [6.45, 7) is 0. The molecule has 0 saturated heterocycles. The van der Waals surface area contributed by atoms with E-state index >= 15 is 0 Å². The molecule has 0 spiro atoms. The molecule has 0 saturated carbocycles. The van der Waals surface area contributed by atoms with Gasteiger partial charge in [0.25, 0.3) is 0 Å². The molecule has 0 N–H and O–H groups in total. The van der Waals surface area contributed by atoms with Crippen molar-refractivity contribution in [1.82, 2.24) is 14.5 Å². The van der Waals surface area contributed by atoms with Crippen LogP contribution >= 0.6 is 27.3 Å². The molecule has 0 aliphatic rings. The van der Waals surface area contributed by atoms with E-state index in [1.54, 1.807) is 18.5 Å². The number of hydrogen-bond acceptors (Lipinski definition) is 8. The van der Waals surface area contributed by atoms with E-state index in [-0.39, 0.29) is 5.70 Å². The number of aromatic nitrogens is 3. The van der Waals surface area contributed by atoms with E-state index < -0.39 is 16.1 Å². The summed E-state index contributed by atoms with van der Waals surface area (Å²) in [5.41, 5.74) is 2.85. The molecule has 0 amide bonds. The third-order valence-corrected chi connectivity index (χ3v) is 6.60. The fourth-order valence-electron chi connectivity index (χ4n) is 3.00. The average Bonchev–Trinajstić information content (AvgIpc) is 3.37. The number of pyridine rings is 1. The van der Waals surface area contributed by atoms with Gasteiger partial charge in [0.1, 0.15) is 11.3 Å². The van der Waals surface area contributed by atoms with E-state index in [1.807, 2.05) is 36.4 Å². The molecule has 0 atom stereocenters. The molecule has 0 unspecified atom stereocenters. The maximum Gasteiger partial charge on any atom is 0.358 e. The highest BCUT2D eigenvalue weighted by Gasteiger charge is 2.19. The molecule has 164 valence electrons. The second-order valence-electron chi connectivity index (χ2n) is 6.61. The molecule has 32 heavy (non-hydrogen) atoms. The first-order valence-electron chi connectivity index (χ1n) is 9.13. The molecule has 0 radical (unpaired) electrons. The van der Waals surface area contributed by atoms with E-state index in [0.29, 0.717) is 5.52 Å². The summed E-state index contributed by atoms with van der Waals surface area (Å²) in [5.74, 6) is -0.746. The van der Waals surface area contributed by atoms with Gasteiger partial charge >= 0.3 is 16.1 Å². The molecule has 0 fully saturated rings. The maximum absolute atomic E-state index is 12.3. The van der Waals surface area contributed by atoms with Crippen molar-refractivity contribution in [3.8, 4) is 22.0 Å². The Morgan fingerprint density at radius 3 is 2.72 bits per heavy atom. The number of hydrogen-bond donors (Lipinski definition) is 0. The largest absolute Gasteiger partial charge is 0.464 e. The molecule has 3 aromatic heterocycles. The Morgan fingerprint density at radius 2 is 2.03 bits per heavy atom. The summed E-state index contributed by atoms with van der Waals surface area (Å²) in [5, 5.41) is 1.60. The van der Waals surface area contributed by atoms with Crippen LogP contribution in [-0.2, 0) is 23.8 Å². The number of fused-ring (bicyclic) bond motifs is 1. The van der Waals surface area contributed by atoms with Crippen LogP contribution in [0.5, 0.6) is 0 Å². The van der Waals surface area contributed by atoms with Crippen LogP contribution in [0.1, 0.15) is 0 Å². The molecule has 4 rings (SSSR count). The number of carbonyl (C=O) groups excluding carboxylic acids is 1. The molecule has 0 aliphatic heterocycles. The maximum atomic E-state index is 12.3. The second kappa shape index (κ2) is 8.85. The SMILES string of the molecule is COC(=O)C(=COS(C)(=O)=O)n1ccc2ccc(-c3nc(-c4ccccn4)sc3Br)cc21. The lowest BCUT2D eigenvalue weighted by Gasteiger charge is -2.09. The van der Waals surface area contributed by atoms with Gasteiger partial charge in [-0.2, -0.15) is 8.42 Å². The van der Waals surface area contributed by atoms with Crippen molar-refractivity contribution in [2.75, 3.05) is 13.4 Å². The lowest BCUT2D eigenvalue weighted by Crippen LogP contribution is -2.11. The summed E-state index contributed by atoms with van der Waals surface area (Å²) in [7, 11) is -2.60. The van der Waals surface area contributed by atoms with Gasteiger partial charge in [0.2, 0.25) is 0 Å². The van der Waals surface area contributed by atoms with E-state index in [1.165, 1.54) is 23.0 Å². The third kappa shape index (κ3) is 4.59. The quantitative estimate of drug-likeness (QED) is 0.155. The van der Waals surface area contributed by atoms with Crippen molar-refractivity contribution in [3.05, 3.63) is 64.9 Å². The number of benzene rings is 1. The van der Waals surface area contributed by atoms with Gasteiger partial charge in [-0.25, -0.2) is 9.78 Å². The molecule has 3 heterocycles. The van der Waals surface area contributed by atoms with Crippen LogP contribution in [0.3, 0.4) is 0 Å². The molecule has 4 aromatic rings. The van der Waals surface area contributed by atoms with E-state index in [4.69, 9.17) is 13.9 Å². The van der Waals surface area contributed by atoms with Gasteiger partial charge in [-0.3, -0.25) is 4.98 Å². The molecule has 0 bridgehead atoms. The minimum absolute atomic E-state index is 0.0865. The summed E-state index contributed by atoms with van der Waals surface area (Å²) < 4.78 is 34.7. The van der Waals surface area contributed by atoms with Crippen LogP contribution < -0.4 is 0 Å². The average molecular weight is 534 g/mol. The zero-order valence-corrected chi connectivity index (χ0v) is 20.1. The lowest BCUT2D eigenvalue weighted by atomic mass is 10.1. The first-order valence-corrected chi connectivity index (χ1v) is 12.6. The number of nitrogens with zero attached hydrogens (tertiary/aromatic N) is 3. The predicted molar refractivity (Wildman–Crippen MR) is 126 cm³/mol. The fourth-order valence-corrected chi connectivity index (χ4v) is 4.84. The summed E-state index contributed by atoms with van der Waals surface area (Å²) >= 11 is 5.05. The number of carbonyl (C=O) groups is 1. The minimum atomic E-state index is -3.80. The van der Waals surface area contributed by atoms with Crippen molar-refractivity contribution in [3.63, 3.8) is 0 Å². The van der Waals surface area contributed by atoms with Crippen LogP contribution in [0.25, 0.3) is 38.6 Å². The highest BCUT2D eigenvalue weighted by atomic mass is 79.9. The van der Waals surface area contributed by atoms with Crippen molar-refractivity contribution in [2.45, 2.75) is 0 Å². The van der Waals surface area contributed by atoms with Gasteiger partial charge in [-0.05, 0) is 45.6 Å². The van der Waals surface area contributed by atoms with Gasteiger partial charge < -0.3 is 13.5 Å². The molecule has 8 nitrogen and oxygen atoms in total. The smallest absolute Gasteiger partial charge is 0.358 e. The molecule has 1 aromatic carbocycles. The Bertz CT molecular complexity index is 1440. The summed E-state index contributed by atoms with van der Waals surface area (Å²) in [6.07, 6.45) is 5.11. The Morgan fingerprint density at radius 1 is 1.22 bits per heavy atom. The van der Waals surface area contributed by atoms with Gasteiger partial charge in [0, 0.05) is 18.0 Å². The van der Waals surface area contributed by atoms with E-state index in [0.717, 1.165) is 43.6 Å². The number of halogens is 1. The third-order valence-electron chi connectivity index (χ3n) is 4.43. The first kappa shape index (κ1) is 22.2. The Kier molecular flexibility index (Phi) is 6.13. The Balaban J connectivity index is 1.81. The zero-order valence-electron chi connectivity index (χ0n) is 16.9. The van der Waals surface area contributed by atoms with Gasteiger partial charge in [0.15, 0.2) is 5.70 Å². The number of rotatable bonds is 6. The Labute approximate surface area is 196 Å². The lowest BCUT2D eigenvalue weighted by molar-refractivity contribution is -0.134. The normalized spacial score (nSPS) is 12.2. The molecular weight excluding hydrogens is 518 g/mol. The number of esters is 1. The highest BCUT2D eigenvalue weighted by molar-refractivity contribution is 9.11. The van der Waals surface area contributed by atoms with Gasteiger partial charge in [-0.15, -0.1) is 11.3 Å². The second-order valence-corrected chi connectivity index (χ2v) is 10.5. The van der Waals surface area contributed by atoms with E-state index in [2.05, 4.69) is 20.9 Å². The van der Waals surface area contributed by atoms with Gasteiger partial charge in [-0.1, -0.05) is 18.2 Å². The zero-order chi connectivity index (χ0) is 22.9. The number of ether oxygens (including phenoxy) is 1. The summed E-state index contributed by atoms with van der Waals surface area (Å²) in [4.78, 5) is 21.4. The van der Waals surface area contributed by atoms with Crippen LogP contribution in [-0.4, -0.2) is 42.3 Å².